The number of carbonyl (C=O) groups excluding carboxylic acids is 2. The van der Waals surface area contributed by atoms with Gasteiger partial charge in [-0.3, -0.25) is 14.6 Å². The molecule has 0 radical (unpaired) electrons. The number of aromatic nitrogens is 3. The lowest BCUT2D eigenvalue weighted by Crippen LogP contribution is -2.14. The van der Waals surface area contributed by atoms with Crippen molar-refractivity contribution in [3.63, 3.8) is 0 Å². The van der Waals surface area contributed by atoms with Crippen molar-refractivity contribution in [1.82, 2.24) is 15.0 Å². The Morgan fingerprint density at radius 2 is 1.94 bits per heavy atom. The Balaban J connectivity index is 1.44. The van der Waals surface area contributed by atoms with Gasteiger partial charge in [-0.1, -0.05) is 23.7 Å². The number of benzene rings is 1. The topological polar surface area (TPSA) is 120 Å². The van der Waals surface area contributed by atoms with Crippen LogP contribution in [0.25, 0.3) is 11.4 Å². The van der Waals surface area contributed by atoms with E-state index in [9.17, 15) is 9.59 Å². The van der Waals surface area contributed by atoms with Crippen LogP contribution in [0.3, 0.4) is 0 Å². The molecular weight excluding hydrogens is 474 g/mol. The number of primary amides is 1. The number of anilines is 1. The van der Waals surface area contributed by atoms with Crippen molar-refractivity contribution in [2.24, 2.45) is 5.73 Å². The summed E-state index contributed by atoms with van der Waals surface area (Å²) in [6, 6.07) is 13.8. The van der Waals surface area contributed by atoms with Crippen molar-refractivity contribution < 1.29 is 14.3 Å². The quantitative estimate of drug-likeness (QED) is 0.376. The monoisotopic (exact) mass is 493 g/mol. The molecule has 3 N–H and O–H groups in total. The zero-order valence-corrected chi connectivity index (χ0v) is 19.9. The third kappa shape index (κ3) is 5.38. The molecule has 0 atom stereocenters. The second kappa shape index (κ2) is 9.98. The van der Waals surface area contributed by atoms with Crippen molar-refractivity contribution >= 4 is 39.9 Å². The Morgan fingerprint density at radius 3 is 2.68 bits per heavy atom. The van der Waals surface area contributed by atoms with E-state index in [2.05, 4.69) is 20.3 Å². The molecule has 4 rings (SSSR count). The van der Waals surface area contributed by atoms with Crippen LogP contribution in [0, 0.1) is 13.8 Å². The fraction of sp³-hybridized carbons (Fsp3) is 0.125. The summed E-state index contributed by atoms with van der Waals surface area (Å²) in [5.41, 5.74) is 8.59. The first-order chi connectivity index (χ1) is 16.3. The summed E-state index contributed by atoms with van der Waals surface area (Å²) in [7, 11) is 0. The van der Waals surface area contributed by atoms with Crippen LogP contribution in [0.1, 0.15) is 26.5 Å². The lowest BCUT2D eigenvalue weighted by Gasteiger charge is -2.10. The van der Waals surface area contributed by atoms with Gasteiger partial charge in [0, 0.05) is 16.8 Å². The van der Waals surface area contributed by atoms with Gasteiger partial charge in [-0.2, -0.15) is 0 Å². The molecule has 0 fully saturated rings. The second-order valence-corrected chi connectivity index (χ2v) is 9.01. The highest BCUT2D eigenvalue weighted by Gasteiger charge is 2.16. The summed E-state index contributed by atoms with van der Waals surface area (Å²) in [6.45, 7) is 3.86. The maximum Gasteiger partial charge on any atom is 0.254 e. The summed E-state index contributed by atoms with van der Waals surface area (Å²) in [5, 5.41) is 3.60. The first-order valence-electron chi connectivity index (χ1n) is 10.2. The Labute approximate surface area is 204 Å². The Hall–Kier alpha value is -3.82. The fourth-order valence-electron chi connectivity index (χ4n) is 3.21. The number of thiazole rings is 1. The van der Waals surface area contributed by atoms with Crippen molar-refractivity contribution in [3.8, 4) is 23.0 Å². The molecule has 34 heavy (non-hydrogen) atoms. The van der Waals surface area contributed by atoms with E-state index in [1.807, 2.05) is 32.0 Å². The number of pyridine rings is 2. The van der Waals surface area contributed by atoms with E-state index in [1.54, 1.807) is 24.3 Å². The van der Waals surface area contributed by atoms with Gasteiger partial charge < -0.3 is 15.8 Å². The molecule has 8 nitrogen and oxygen atoms in total. The van der Waals surface area contributed by atoms with Crippen LogP contribution >= 0.6 is 22.9 Å². The van der Waals surface area contributed by atoms with Gasteiger partial charge in [-0.25, -0.2) is 9.97 Å². The molecule has 0 spiro atoms. The van der Waals surface area contributed by atoms with Crippen molar-refractivity contribution in [2.75, 3.05) is 5.32 Å². The smallest absolute Gasteiger partial charge is 0.254 e. The Bertz CT molecular complexity index is 1390. The number of hydrogen-bond donors (Lipinski definition) is 2. The van der Waals surface area contributed by atoms with Gasteiger partial charge in [0.05, 0.1) is 17.1 Å². The summed E-state index contributed by atoms with van der Waals surface area (Å²) in [6.07, 6.45) is 1.57. The summed E-state index contributed by atoms with van der Waals surface area (Å²) in [5.74, 6) is -0.549. The van der Waals surface area contributed by atoms with Crippen LogP contribution in [0.2, 0.25) is 5.02 Å². The predicted molar refractivity (Wildman–Crippen MR) is 131 cm³/mol. The fourth-order valence-corrected chi connectivity index (χ4v) is 4.29. The summed E-state index contributed by atoms with van der Waals surface area (Å²) in [4.78, 5) is 38.2. The van der Waals surface area contributed by atoms with E-state index in [1.165, 1.54) is 23.6 Å². The molecule has 0 saturated heterocycles. The first kappa shape index (κ1) is 23.3. The van der Waals surface area contributed by atoms with Gasteiger partial charge >= 0.3 is 0 Å². The third-order valence-electron chi connectivity index (χ3n) is 4.78. The van der Waals surface area contributed by atoms with E-state index in [4.69, 9.17) is 22.1 Å². The highest BCUT2D eigenvalue weighted by molar-refractivity contribution is 7.16. The summed E-state index contributed by atoms with van der Waals surface area (Å²) >= 11 is 7.73. The molecule has 3 heterocycles. The summed E-state index contributed by atoms with van der Waals surface area (Å²) < 4.78 is 5.66. The highest BCUT2D eigenvalue weighted by atomic mass is 35.5. The van der Waals surface area contributed by atoms with Gasteiger partial charge in [0.25, 0.3) is 5.91 Å². The minimum atomic E-state index is -0.661. The molecule has 1 aromatic carbocycles. The standard InChI is InChI=1S/C24H20ClN5O3S/c1-13-5-3-7-18(28-13)21-14(2)34-24(30-21)29-20(31)12-15-8-9-19(17(25)11-15)33-23-16(22(26)32)6-4-10-27-23/h3-11H,12H2,1-2H3,(H2,26,32)(H,29,30,31). The van der Waals surface area contributed by atoms with Crippen LogP contribution in [0.15, 0.2) is 54.7 Å². The van der Waals surface area contributed by atoms with Crippen molar-refractivity contribution in [1.29, 1.82) is 0 Å². The average Bonchev–Trinajstić information content (AvgIpc) is 3.15. The number of halogens is 1. The minimum absolute atomic E-state index is 0.0560. The van der Waals surface area contributed by atoms with Crippen LogP contribution in [-0.4, -0.2) is 26.8 Å². The van der Waals surface area contributed by atoms with E-state index in [0.29, 0.717) is 10.7 Å². The van der Waals surface area contributed by atoms with Crippen molar-refractivity contribution in [3.05, 3.63) is 81.4 Å². The number of nitrogens with one attached hydrogen (secondary N) is 1. The number of nitrogens with two attached hydrogens (primary N) is 1. The zero-order chi connectivity index (χ0) is 24.2. The number of rotatable bonds is 7. The van der Waals surface area contributed by atoms with E-state index >= 15 is 0 Å². The number of nitrogens with zero attached hydrogens (tertiary/aromatic N) is 3. The number of hydrogen-bond acceptors (Lipinski definition) is 7. The SMILES string of the molecule is Cc1cccc(-c2nc(NC(=O)Cc3ccc(Oc4ncccc4C(N)=O)c(Cl)c3)sc2C)n1. The first-order valence-corrected chi connectivity index (χ1v) is 11.4. The molecule has 4 aromatic rings. The predicted octanol–water partition coefficient (Wildman–Crippen LogP) is 4.94. The molecular formula is C24H20ClN5O3S. The number of ether oxygens (including phenoxy) is 1. The number of amides is 2. The van der Waals surface area contributed by atoms with Gasteiger partial charge in [0.1, 0.15) is 17.0 Å². The van der Waals surface area contributed by atoms with E-state index in [0.717, 1.165) is 22.0 Å². The number of aryl methyl sites for hydroxylation is 2. The van der Waals surface area contributed by atoms with Gasteiger partial charge in [-0.15, -0.1) is 11.3 Å². The van der Waals surface area contributed by atoms with Gasteiger partial charge in [0.2, 0.25) is 11.8 Å². The van der Waals surface area contributed by atoms with Crippen LogP contribution in [0.5, 0.6) is 11.6 Å². The molecule has 3 aromatic heterocycles. The molecule has 2 amide bonds. The molecule has 0 saturated carbocycles. The molecule has 0 aliphatic carbocycles. The van der Waals surface area contributed by atoms with Crippen LogP contribution in [-0.2, 0) is 11.2 Å². The Morgan fingerprint density at radius 1 is 1.12 bits per heavy atom. The van der Waals surface area contributed by atoms with Gasteiger partial charge in [0.15, 0.2) is 5.13 Å². The highest BCUT2D eigenvalue weighted by Crippen LogP contribution is 2.32. The third-order valence-corrected chi connectivity index (χ3v) is 5.96. The minimum Gasteiger partial charge on any atom is -0.437 e. The lowest BCUT2D eigenvalue weighted by atomic mass is 10.1. The van der Waals surface area contributed by atoms with E-state index < -0.39 is 5.91 Å². The molecule has 0 unspecified atom stereocenters. The van der Waals surface area contributed by atoms with Crippen molar-refractivity contribution in [2.45, 2.75) is 20.3 Å². The largest absolute Gasteiger partial charge is 0.437 e. The molecule has 0 aliphatic heterocycles. The van der Waals surface area contributed by atoms with Crippen LogP contribution < -0.4 is 15.8 Å². The van der Waals surface area contributed by atoms with E-state index in [-0.39, 0.29) is 34.5 Å². The molecule has 0 aliphatic rings. The normalized spacial score (nSPS) is 10.7. The molecule has 10 heteroatoms. The number of carbonyl (C=O) groups is 2. The molecule has 0 bridgehead atoms. The van der Waals surface area contributed by atoms with Crippen LogP contribution in [0.4, 0.5) is 5.13 Å². The Kier molecular flexibility index (Phi) is 6.85. The van der Waals surface area contributed by atoms with Gasteiger partial charge in [-0.05, 0) is 55.8 Å². The average molecular weight is 494 g/mol. The maximum atomic E-state index is 12.6. The lowest BCUT2D eigenvalue weighted by molar-refractivity contribution is -0.115. The second-order valence-electron chi connectivity index (χ2n) is 7.40. The maximum absolute atomic E-state index is 12.6. The molecule has 172 valence electrons. The zero-order valence-electron chi connectivity index (χ0n) is 18.3.